The van der Waals surface area contributed by atoms with Crippen molar-refractivity contribution in [3.8, 4) is 0 Å². The summed E-state index contributed by atoms with van der Waals surface area (Å²) in [4.78, 5) is 11.1. The van der Waals surface area contributed by atoms with Crippen molar-refractivity contribution in [2.45, 2.75) is 17.7 Å². The summed E-state index contributed by atoms with van der Waals surface area (Å²) in [5, 5.41) is 8.98. The van der Waals surface area contributed by atoms with Crippen LogP contribution >= 0.6 is 15.9 Å². The number of rotatable bonds is 1. The smallest absolute Gasteiger partial charge is 0.314 e. The lowest BCUT2D eigenvalue weighted by molar-refractivity contribution is -0.145. The van der Waals surface area contributed by atoms with Gasteiger partial charge in [0.1, 0.15) is 0 Å². The number of alkyl halides is 1. The van der Waals surface area contributed by atoms with Crippen molar-refractivity contribution in [2.75, 3.05) is 0 Å². The van der Waals surface area contributed by atoms with Gasteiger partial charge in [0.05, 0.1) is 5.41 Å². The molecule has 3 atom stereocenters. The molecule has 1 fully saturated rings. The number of halogens is 1. The second-order valence-electron chi connectivity index (χ2n) is 3.37. The Kier molecular flexibility index (Phi) is 1.40. The van der Waals surface area contributed by atoms with E-state index in [-0.39, 0.29) is 4.83 Å². The Morgan fingerprint density at radius 2 is 2.45 bits per heavy atom. The molecule has 0 aromatic rings. The Balaban J connectivity index is 2.38. The van der Waals surface area contributed by atoms with Crippen molar-refractivity contribution in [2.24, 2.45) is 11.3 Å². The SMILES string of the molecule is O=C(O)[C@]12C=C[C@H](C[C@@H]1Br)C2. The van der Waals surface area contributed by atoms with E-state index >= 15 is 0 Å². The van der Waals surface area contributed by atoms with Crippen LogP contribution < -0.4 is 0 Å². The van der Waals surface area contributed by atoms with E-state index in [1.807, 2.05) is 12.2 Å². The third kappa shape index (κ3) is 0.804. The Hall–Kier alpha value is -0.310. The van der Waals surface area contributed by atoms with Crippen LogP contribution in [0, 0.1) is 11.3 Å². The van der Waals surface area contributed by atoms with Gasteiger partial charge in [-0.25, -0.2) is 0 Å². The van der Waals surface area contributed by atoms with E-state index < -0.39 is 11.4 Å². The number of hydrogen-bond donors (Lipinski definition) is 1. The zero-order chi connectivity index (χ0) is 8.06. The standard InChI is InChI=1S/C8H9BrO2/c9-6-3-5-1-2-8(6,4-5)7(10)11/h1-2,5-6H,3-4H2,(H,10,11)/t5-,6+,8+/m1/s1. The molecule has 0 radical (unpaired) electrons. The number of aliphatic carboxylic acids is 1. The maximum absolute atomic E-state index is 10.9. The molecule has 0 heterocycles. The van der Waals surface area contributed by atoms with Crippen molar-refractivity contribution in [3.63, 3.8) is 0 Å². The van der Waals surface area contributed by atoms with E-state index in [1.165, 1.54) is 0 Å². The quantitative estimate of drug-likeness (QED) is 0.537. The molecule has 2 aliphatic carbocycles. The molecule has 2 bridgehead atoms. The van der Waals surface area contributed by atoms with Gasteiger partial charge >= 0.3 is 5.97 Å². The van der Waals surface area contributed by atoms with Crippen LogP contribution in [0.1, 0.15) is 12.8 Å². The Bertz CT molecular complexity index is 236. The minimum absolute atomic E-state index is 0.141. The number of hydrogen-bond acceptors (Lipinski definition) is 1. The second kappa shape index (κ2) is 2.09. The number of carbonyl (C=O) groups is 1. The highest BCUT2D eigenvalue weighted by molar-refractivity contribution is 9.09. The normalized spacial score (nSPS) is 46.6. The first-order chi connectivity index (χ1) is 5.15. The van der Waals surface area contributed by atoms with E-state index in [4.69, 9.17) is 5.11 Å². The molecule has 0 saturated heterocycles. The largest absolute Gasteiger partial charge is 0.481 e. The van der Waals surface area contributed by atoms with E-state index in [0.29, 0.717) is 5.92 Å². The topological polar surface area (TPSA) is 37.3 Å². The second-order valence-corrected chi connectivity index (χ2v) is 4.48. The fourth-order valence-corrected chi connectivity index (χ4v) is 3.06. The number of carboxylic acid groups (broad SMARTS) is 1. The van der Waals surface area contributed by atoms with Crippen molar-refractivity contribution in [1.82, 2.24) is 0 Å². The first-order valence-electron chi connectivity index (χ1n) is 3.72. The maximum Gasteiger partial charge on any atom is 0.314 e. The highest BCUT2D eigenvalue weighted by atomic mass is 79.9. The number of allylic oxidation sites excluding steroid dienone is 1. The molecule has 1 saturated carbocycles. The van der Waals surface area contributed by atoms with Crippen LogP contribution in [-0.2, 0) is 4.79 Å². The first kappa shape index (κ1) is 7.35. The summed E-state index contributed by atoms with van der Waals surface area (Å²) in [5.74, 6) is -0.189. The predicted octanol–water partition coefficient (Wildman–Crippen LogP) is 1.80. The van der Waals surface area contributed by atoms with Crippen molar-refractivity contribution in [1.29, 1.82) is 0 Å². The lowest BCUT2D eigenvalue weighted by atomic mass is 9.88. The fraction of sp³-hybridized carbons (Fsp3) is 0.625. The van der Waals surface area contributed by atoms with Gasteiger partial charge in [0, 0.05) is 4.83 Å². The number of carboxylic acids is 1. The summed E-state index contributed by atoms with van der Waals surface area (Å²) in [6.07, 6.45) is 5.65. The minimum atomic E-state index is -0.685. The Labute approximate surface area is 73.4 Å². The van der Waals surface area contributed by atoms with Crippen LogP contribution in [0.5, 0.6) is 0 Å². The summed E-state index contributed by atoms with van der Waals surface area (Å²) in [5.41, 5.74) is -0.579. The van der Waals surface area contributed by atoms with Crippen molar-refractivity contribution >= 4 is 21.9 Å². The maximum atomic E-state index is 10.9. The molecule has 0 aromatic carbocycles. The average Bonchev–Trinajstić information content (AvgIpc) is 2.43. The zero-order valence-corrected chi connectivity index (χ0v) is 7.54. The molecule has 2 aliphatic rings. The number of fused-ring (bicyclic) bond motifs is 2. The van der Waals surface area contributed by atoms with Gasteiger partial charge in [-0.3, -0.25) is 4.79 Å². The highest BCUT2D eigenvalue weighted by Crippen LogP contribution is 2.52. The van der Waals surface area contributed by atoms with E-state index in [0.717, 1.165) is 12.8 Å². The molecule has 0 spiro atoms. The minimum Gasteiger partial charge on any atom is -0.481 e. The van der Waals surface area contributed by atoms with Gasteiger partial charge < -0.3 is 5.11 Å². The van der Waals surface area contributed by atoms with Gasteiger partial charge in [-0.1, -0.05) is 28.1 Å². The average molecular weight is 217 g/mol. The molecule has 0 unspecified atom stereocenters. The summed E-state index contributed by atoms with van der Waals surface area (Å²) in [6, 6.07) is 0. The monoisotopic (exact) mass is 216 g/mol. The summed E-state index contributed by atoms with van der Waals surface area (Å²) >= 11 is 3.42. The summed E-state index contributed by atoms with van der Waals surface area (Å²) in [6.45, 7) is 0. The third-order valence-corrected chi connectivity index (χ3v) is 3.92. The lowest BCUT2D eigenvalue weighted by Crippen LogP contribution is -2.32. The molecular weight excluding hydrogens is 208 g/mol. The van der Waals surface area contributed by atoms with Gasteiger partial charge in [0.15, 0.2) is 0 Å². The molecule has 0 aromatic heterocycles. The van der Waals surface area contributed by atoms with Crippen LogP contribution in [0.25, 0.3) is 0 Å². The van der Waals surface area contributed by atoms with E-state index in [1.54, 1.807) is 0 Å². The molecular formula is C8H9BrO2. The first-order valence-corrected chi connectivity index (χ1v) is 4.63. The van der Waals surface area contributed by atoms with Crippen molar-refractivity contribution in [3.05, 3.63) is 12.2 Å². The molecule has 11 heavy (non-hydrogen) atoms. The third-order valence-electron chi connectivity index (χ3n) is 2.73. The van der Waals surface area contributed by atoms with E-state index in [9.17, 15) is 4.79 Å². The molecule has 2 rings (SSSR count). The van der Waals surface area contributed by atoms with Crippen LogP contribution in [0.15, 0.2) is 12.2 Å². The molecule has 60 valence electrons. The molecule has 1 N–H and O–H groups in total. The Morgan fingerprint density at radius 1 is 1.73 bits per heavy atom. The van der Waals surface area contributed by atoms with Gasteiger partial charge in [0.25, 0.3) is 0 Å². The molecule has 2 nitrogen and oxygen atoms in total. The fourth-order valence-electron chi connectivity index (χ4n) is 2.04. The van der Waals surface area contributed by atoms with Gasteiger partial charge in [-0.2, -0.15) is 0 Å². The predicted molar refractivity (Wildman–Crippen MR) is 44.6 cm³/mol. The lowest BCUT2D eigenvalue weighted by Gasteiger charge is -2.22. The molecule has 3 heteroatoms. The van der Waals surface area contributed by atoms with Gasteiger partial charge in [0.2, 0.25) is 0 Å². The highest BCUT2D eigenvalue weighted by Gasteiger charge is 2.52. The molecule has 0 aliphatic heterocycles. The Morgan fingerprint density at radius 3 is 2.73 bits per heavy atom. The van der Waals surface area contributed by atoms with Crippen LogP contribution in [0.3, 0.4) is 0 Å². The van der Waals surface area contributed by atoms with Crippen molar-refractivity contribution < 1.29 is 9.90 Å². The van der Waals surface area contributed by atoms with Crippen LogP contribution in [0.2, 0.25) is 0 Å². The summed E-state index contributed by atoms with van der Waals surface area (Å²) < 4.78 is 0. The van der Waals surface area contributed by atoms with Crippen LogP contribution in [0.4, 0.5) is 0 Å². The van der Waals surface area contributed by atoms with Gasteiger partial charge in [-0.15, -0.1) is 0 Å². The van der Waals surface area contributed by atoms with Gasteiger partial charge in [-0.05, 0) is 18.8 Å². The molecule has 0 amide bonds. The van der Waals surface area contributed by atoms with E-state index in [2.05, 4.69) is 15.9 Å². The summed E-state index contributed by atoms with van der Waals surface area (Å²) in [7, 11) is 0. The zero-order valence-electron chi connectivity index (χ0n) is 5.96. The van der Waals surface area contributed by atoms with Crippen LogP contribution in [-0.4, -0.2) is 15.9 Å².